The molecule has 0 aliphatic carbocycles. The van der Waals surface area contributed by atoms with Gasteiger partial charge >= 0.3 is 0 Å². The van der Waals surface area contributed by atoms with Crippen LogP contribution in [0.5, 0.6) is 11.5 Å². The van der Waals surface area contributed by atoms with Gasteiger partial charge in [0.25, 0.3) is 0 Å². The van der Waals surface area contributed by atoms with Crippen LogP contribution in [0.15, 0.2) is 30.4 Å². The third-order valence-corrected chi connectivity index (χ3v) is 2.54. The molecule has 1 rings (SSSR count). The Labute approximate surface area is 108 Å². The van der Waals surface area contributed by atoms with Crippen molar-refractivity contribution < 1.29 is 14.9 Å². The molecule has 0 radical (unpaired) electrons. The van der Waals surface area contributed by atoms with Crippen molar-refractivity contribution in [1.29, 1.82) is 0 Å². The minimum absolute atomic E-state index is 0.0952. The van der Waals surface area contributed by atoms with Crippen LogP contribution in [0.25, 0.3) is 0 Å². The molecular weight excluding hydrogens is 230 g/mol. The van der Waals surface area contributed by atoms with Crippen LogP contribution >= 0.6 is 0 Å². The Morgan fingerprint density at radius 3 is 2.56 bits per heavy atom. The van der Waals surface area contributed by atoms with E-state index < -0.39 is 0 Å². The van der Waals surface area contributed by atoms with Gasteiger partial charge in [-0.15, -0.1) is 0 Å². The molecule has 0 spiro atoms. The molecule has 100 valence electrons. The second-order valence-corrected chi connectivity index (χ2v) is 4.40. The van der Waals surface area contributed by atoms with Crippen LogP contribution in [0.2, 0.25) is 0 Å². The zero-order chi connectivity index (χ0) is 13.5. The van der Waals surface area contributed by atoms with E-state index in [-0.39, 0.29) is 17.5 Å². The molecule has 0 aliphatic heterocycles. The average molecular weight is 251 g/mol. The molecule has 0 saturated carbocycles. The summed E-state index contributed by atoms with van der Waals surface area (Å²) in [4.78, 5) is 0. The molecule has 0 saturated heterocycles. The number of aromatic hydroxyl groups is 2. The zero-order valence-electron chi connectivity index (χ0n) is 10.9. The normalized spacial score (nSPS) is 12.3. The summed E-state index contributed by atoms with van der Waals surface area (Å²) in [7, 11) is 0. The fourth-order valence-electron chi connectivity index (χ4n) is 1.68. The summed E-state index contributed by atoms with van der Waals surface area (Å²) >= 11 is 0. The lowest BCUT2D eigenvalue weighted by atomic mass is 10.1. The van der Waals surface area contributed by atoms with Crippen molar-refractivity contribution in [2.75, 3.05) is 19.8 Å². The smallest absolute Gasteiger partial charge is 0.124 e. The number of hydrogen-bond acceptors (Lipinski definition) is 4. The van der Waals surface area contributed by atoms with Crippen LogP contribution in [0.3, 0.4) is 0 Å². The molecule has 4 heteroatoms. The highest BCUT2D eigenvalue weighted by atomic mass is 16.5. The highest BCUT2D eigenvalue weighted by Gasteiger charge is 2.13. The molecule has 1 aromatic rings. The number of phenolic OH excluding ortho intramolecular Hbond substituents is 2. The first-order valence-electron chi connectivity index (χ1n) is 5.98. The zero-order valence-corrected chi connectivity index (χ0v) is 10.9. The number of phenols is 2. The van der Waals surface area contributed by atoms with Crippen molar-refractivity contribution in [2.45, 2.75) is 19.9 Å². The predicted octanol–water partition coefficient (Wildman–Crippen LogP) is 2.34. The number of rotatable bonds is 7. The number of hydrogen-bond donors (Lipinski definition) is 3. The van der Waals surface area contributed by atoms with Crippen molar-refractivity contribution in [1.82, 2.24) is 5.32 Å². The second-order valence-electron chi connectivity index (χ2n) is 4.40. The van der Waals surface area contributed by atoms with Crippen molar-refractivity contribution in [2.24, 2.45) is 0 Å². The van der Waals surface area contributed by atoms with E-state index in [1.165, 1.54) is 0 Å². The van der Waals surface area contributed by atoms with Crippen molar-refractivity contribution >= 4 is 0 Å². The van der Waals surface area contributed by atoms with E-state index in [1.54, 1.807) is 18.2 Å². The molecule has 3 N–H and O–H groups in total. The first-order valence-corrected chi connectivity index (χ1v) is 5.98. The van der Waals surface area contributed by atoms with Crippen LogP contribution in [0.4, 0.5) is 0 Å². The number of nitrogens with one attached hydrogen (secondary N) is 1. The van der Waals surface area contributed by atoms with E-state index in [0.717, 1.165) is 5.57 Å². The van der Waals surface area contributed by atoms with Crippen molar-refractivity contribution in [3.63, 3.8) is 0 Å². The maximum Gasteiger partial charge on any atom is 0.124 e. The summed E-state index contributed by atoms with van der Waals surface area (Å²) in [5.41, 5.74) is 1.50. The van der Waals surface area contributed by atoms with Crippen LogP contribution < -0.4 is 5.32 Å². The Balaban J connectivity index is 2.41. The highest BCUT2D eigenvalue weighted by molar-refractivity contribution is 5.44. The van der Waals surface area contributed by atoms with Crippen LogP contribution in [-0.2, 0) is 4.74 Å². The van der Waals surface area contributed by atoms with Gasteiger partial charge < -0.3 is 20.3 Å². The summed E-state index contributed by atoms with van der Waals surface area (Å²) in [6.07, 6.45) is 0. The molecule has 1 atom stereocenters. The van der Waals surface area contributed by atoms with Crippen molar-refractivity contribution in [3.8, 4) is 11.5 Å². The summed E-state index contributed by atoms with van der Waals surface area (Å²) in [5, 5.41) is 22.6. The fourth-order valence-corrected chi connectivity index (χ4v) is 1.68. The van der Waals surface area contributed by atoms with Crippen LogP contribution in [0.1, 0.15) is 25.5 Å². The Morgan fingerprint density at radius 2 is 2.00 bits per heavy atom. The van der Waals surface area contributed by atoms with Gasteiger partial charge in [-0.25, -0.2) is 0 Å². The quantitative estimate of drug-likeness (QED) is 0.514. The maximum absolute atomic E-state index is 9.69. The van der Waals surface area contributed by atoms with Crippen LogP contribution in [-0.4, -0.2) is 30.0 Å². The van der Waals surface area contributed by atoms with Crippen molar-refractivity contribution in [3.05, 3.63) is 35.9 Å². The fraction of sp³-hybridized carbons (Fsp3) is 0.429. The van der Waals surface area contributed by atoms with Gasteiger partial charge in [0.1, 0.15) is 11.5 Å². The molecule has 0 fully saturated rings. The SMILES string of the molecule is C=C(C)COCCNC(C)c1c(O)cccc1O. The molecule has 0 amide bonds. The highest BCUT2D eigenvalue weighted by Crippen LogP contribution is 2.31. The third kappa shape index (κ3) is 4.39. The lowest BCUT2D eigenvalue weighted by molar-refractivity contribution is 0.155. The minimum atomic E-state index is -0.139. The van der Waals surface area contributed by atoms with E-state index >= 15 is 0 Å². The molecule has 0 aromatic heterocycles. The second kappa shape index (κ2) is 7.03. The first kappa shape index (κ1) is 14.5. The lowest BCUT2D eigenvalue weighted by Crippen LogP contribution is -2.23. The first-order chi connectivity index (χ1) is 8.52. The van der Waals surface area contributed by atoms with E-state index in [4.69, 9.17) is 4.74 Å². The van der Waals surface area contributed by atoms with Gasteiger partial charge in [-0.2, -0.15) is 0 Å². The van der Waals surface area contributed by atoms with Gasteiger partial charge in [0.2, 0.25) is 0 Å². The molecule has 1 unspecified atom stereocenters. The van der Waals surface area contributed by atoms with Crippen LogP contribution in [0, 0.1) is 0 Å². The Bertz CT molecular complexity index is 384. The average Bonchev–Trinajstić information content (AvgIpc) is 2.27. The molecule has 1 aromatic carbocycles. The van der Waals surface area contributed by atoms with Gasteiger partial charge in [0.15, 0.2) is 0 Å². The Morgan fingerprint density at radius 1 is 1.39 bits per heavy atom. The van der Waals surface area contributed by atoms with E-state index in [1.807, 2.05) is 13.8 Å². The summed E-state index contributed by atoms with van der Waals surface area (Å²) < 4.78 is 5.35. The van der Waals surface area contributed by atoms with Gasteiger partial charge in [0.05, 0.1) is 18.8 Å². The molecule has 0 bridgehead atoms. The third-order valence-electron chi connectivity index (χ3n) is 2.54. The minimum Gasteiger partial charge on any atom is -0.507 e. The van der Waals surface area contributed by atoms with Gasteiger partial charge in [-0.1, -0.05) is 18.2 Å². The summed E-state index contributed by atoms with van der Waals surface area (Å²) in [6.45, 7) is 9.30. The maximum atomic E-state index is 9.69. The summed E-state index contributed by atoms with van der Waals surface area (Å²) in [6, 6.07) is 4.59. The molecule has 18 heavy (non-hydrogen) atoms. The Kier molecular flexibility index (Phi) is 5.68. The lowest BCUT2D eigenvalue weighted by Gasteiger charge is -2.16. The molecule has 0 heterocycles. The van der Waals surface area contributed by atoms with Gasteiger partial charge in [-0.05, 0) is 26.0 Å². The topological polar surface area (TPSA) is 61.7 Å². The molecule has 4 nitrogen and oxygen atoms in total. The number of ether oxygens (including phenoxy) is 1. The molecular formula is C14H21NO3. The largest absolute Gasteiger partial charge is 0.507 e. The summed E-state index contributed by atoms with van der Waals surface area (Å²) in [5.74, 6) is 0.190. The van der Waals surface area contributed by atoms with E-state index in [2.05, 4.69) is 11.9 Å². The van der Waals surface area contributed by atoms with Gasteiger partial charge in [0, 0.05) is 12.6 Å². The number of benzene rings is 1. The monoisotopic (exact) mass is 251 g/mol. The van der Waals surface area contributed by atoms with Gasteiger partial charge in [-0.3, -0.25) is 0 Å². The van der Waals surface area contributed by atoms with E-state index in [0.29, 0.717) is 25.3 Å². The molecule has 0 aliphatic rings. The Hall–Kier alpha value is -1.52. The predicted molar refractivity (Wildman–Crippen MR) is 71.8 cm³/mol. The standard InChI is InChI=1S/C14H21NO3/c1-10(2)9-18-8-7-15-11(3)14-12(16)5-4-6-13(14)17/h4-6,11,15-17H,1,7-9H2,2-3H3. The van der Waals surface area contributed by atoms with E-state index in [9.17, 15) is 10.2 Å².